The highest BCUT2D eigenvalue weighted by Crippen LogP contribution is 2.31. The first kappa shape index (κ1) is 11.9. The van der Waals surface area contributed by atoms with Gasteiger partial charge in [0, 0.05) is 6.20 Å². The molecular weight excluding hydrogens is 325 g/mol. The van der Waals surface area contributed by atoms with Crippen LogP contribution in [0.2, 0.25) is 0 Å². The lowest BCUT2D eigenvalue weighted by Crippen LogP contribution is -2.04. The third-order valence-electron chi connectivity index (χ3n) is 1.58. The molecule has 0 spiro atoms. The normalized spacial score (nSPS) is 10.4. The Morgan fingerprint density at radius 3 is 2.60 bits per heavy atom. The van der Waals surface area contributed by atoms with Gasteiger partial charge in [-0.3, -0.25) is 14.9 Å². The topological polar surface area (TPSA) is 73.1 Å². The number of nitro groups is 1. The summed E-state index contributed by atoms with van der Waals surface area (Å²) in [6.45, 7) is 0. The molecule has 0 saturated heterocycles. The molecule has 1 heterocycles. The second kappa shape index (κ2) is 4.55. The standard InChI is InChI=1S/C7H3F2IN2O3/c8-7(9)3-1-11-4(2-13)6(5(3)10)12(14)15/h1-2,7H. The Hall–Kier alpha value is -1.19. The number of halogens is 3. The predicted molar refractivity (Wildman–Crippen MR) is 54.0 cm³/mol. The Kier molecular flexibility index (Phi) is 3.61. The van der Waals surface area contributed by atoms with Crippen molar-refractivity contribution >= 4 is 34.6 Å². The van der Waals surface area contributed by atoms with Crippen LogP contribution in [-0.2, 0) is 0 Å². The lowest BCUT2D eigenvalue weighted by Gasteiger charge is -2.04. The van der Waals surface area contributed by atoms with Crippen LogP contribution in [-0.4, -0.2) is 16.2 Å². The number of nitrogens with zero attached hydrogens (tertiary/aromatic N) is 2. The molecule has 1 aromatic rings. The largest absolute Gasteiger partial charge is 0.311 e. The molecule has 0 fully saturated rings. The van der Waals surface area contributed by atoms with Crippen LogP contribution >= 0.6 is 22.6 Å². The Morgan fingerprint density at radius 2 is 2.20 bits per heavy atom. The maximum atomic E-state index is 12.4. The van der Waals surface area contributed by atoms with Crippen molar-refractivity contribution in [3.8, 4) is 0 Å². The summed E-state index contributed by atoms with van der Waals surface area (Å²) in [5.74, 6) is 0. The molecule has 5 nitrogen and oxygen atoms in total. The van der Waals surface area contributed by atoms with Crippen LogP contribution in [0.3, 0.4) is 0 Å². The molecular formula is C7H3F2IN2O3. The van der Waals surface area contributed by atoms with Gasteiger partial charge in [0.1, 0.15) is 3.57 Å². The summed E-state index contributed by atoms with van der Waals surface area (Å²) < 4.78 is 24.4. The molecule has 0 radical (unpaired) electrons. The molecule has 0 bridgehead atoms. The fourth-order valence-electron chi connectivity index (χ4n) is 0.918. The maximum absolute atomic E-state index is 12.4. The molecule has 0 amide bonds. The van der Waals surface area contributed by atoms with E-state index >= 15 is 0 Å². The van der Waals surface area contributed by atoms with E-state index in [0.29, 0.717) is 0 Å². The summed E-state index contributed by atoms with van der Waals surface area (Å²) in [6.07, 6.45) is -1.93. The number of aromatic nitrogens is 1. The van der Waals surface area contributed by atoms with Crippen molar-refractivity contribution in [1.82, 2.24) is 4.98 Å². The average Bonchev–Trinajstić information content (AvgIpc) is 2.15. The van der Waals surface area contributed by atoms with Crippen molar-refractivity contribution in [2.24, 2.45) is 0 Å². The highest BCUT2D eigenvalue weighted by Gasteiger charge is 2.26. The van der Waals surface area contributed by atoms with Gasteiger partial charge in [-0.05, 0) is 22.6 Å². The minimum absolute atomic E-state index is 0.162. The molecule has 1 aromatic heterocycles. The lowest BCUT2D eigenvalue weighted by molar-refractivity contribution is -0.386. The summed E-state index contributed by atoms with van der Waals surface area (Å²) in [4.78, 5) is 23.3. The predicted octanol–water partition coefficient (Wildman–Crippen LogP) is 2.34. The molecule has 0 unspecified atom stereocenters. The molecule has 0 N–H and O–H groups in total. The van der Waals surface area contributed by atoms with Crippen molar-refractivity contribution in [3.63, 3.8) is 0 Å². The van der Waals surface area contributed by atoms with E-state index < -0.39 is 28.3 Å². The summed E-state index contributed by atoms with van der Waals surface area (Å²) in [5.41, 5.74) is -1.68. The Balaban J connectivity index is 3.49. The minimum Gasteiger partial charge on any atom is -0.296 e. The van der Waals surface area contributed by atoms with Crippen LogP contribution in [0.25, 0.3) is 0 Å². The minimum atomic E-state index is -2.86. The number of rotatable bonds is 3. The first-order chi connectivity index (χ1) is 6.99. The number of hydrogen-bond donors (Lipinski definition) is 0. The van der Waals surface area contributed by atoms with Gasteiger partial charge in [0.25, 0.3) is 6.43 Å². The highest BCUT2D eigenvalue weighted by atomic mass is 127. The van der Waals surface area contributed by atoms with Crippen LogP contribution in [0, 0.1) is 13.7 Å². The fourth-order valence-corrected chi connectivity index (χ4v) is 1.77. The van der Waals surface area contributed by atoms with E-state index in [4.69, 9.17) is 0 Å². The molecule has 0 saturated carbocycles. The van der Waals surface area contributed by atoms with Crippen LogP contribution in [0.4, 0.5) is 14.5 Å². The molecule has 0 atom stereocenters. The van der Waals surface area contributed by atoms with E-state index in [1.165, 1.54) is 22.6 Å². The van der Waals surface area contributed by atoms with Gasteiger partial charge in [-0.15, -0.1) is 0 Å². The van der Waals surface area contributed by atoms with Gasteiger partial charge >= 0.3 is 5.69 Å². The van der Waals surface area contributed by atoms with Crippen LogP contribution in [0.5, 0.6) is 0 Å². The Bertz CT molecular complexity index is 425. The number of pyridine rings is 1. The quantitative estimate of drug-likeness (QED) is 0.369. The smallest absolute Gasteiger partial charge is 0.296 e. The highest BCUT2D eigenvalue weighted by molar-refractivity contribution is 14.1. The zero-order valence-electron chi connectivity index (χ0n) is 6.99. The molecule has 0 aromatic carbocycles. The first-order valence-electron chi connectivity index (χ1n) is 3.55. The monoisotopic (exact) mass is 328 g/mol. The van der Waals surface area contributed by atoms with Gasteiger partial charge in [0.2, 0.25) is 0 Å². The number of aldehydes is 1. The Morgan fingerprint density at radius 1 is 1.60 bits per heavy atom. The Labute approximate surface area is 95.8 Å². The second-order valence-electron chi connectivity index (χ2n) is 2.44. The van der Waals surface area contributed by atoms with E-state index in [-0.39, 0.29) is 9.86 Å². The number of carbonyl (C=O) groups is 1. The van der Waals surface area contributed by atoms with Gasteiger partial charge in [-0.1, -0.05) is 0 Å². The van der Waals surface area contributed by atoms with E-state index in [1.807, 2.05) is 0 Å². The van der Waals surface area contributed by atoms with E-state index in [0.717, 1.165) is 6.20 Å². The van der Waals surface area contributed by atoms with Crippen LogP contribution in [0.15, 0.2) is 6.20 Å². The maximum Gasteiger partial charge on any atom is 0.311 e. The zero-order valence-corrected chi connectivity index (χ0v) is 9.14. The molecule has 0 aliphatic rings. The van der Waals surface area contributed by atoms with Gasteiger partial charge in [-0.2, -0.15) is 0 Å². The van der Waals surface area contributed by atoms with E-state index in [2.05, 4.69) is 4.98 Å². The van der Waals surface area contributed by atoms with Gasteiger partial charge < -0.3 is 0 Å². The van der Waals surface area contributed by atoms with Gasteiger partial charge in [0.05, 0.1) is 10.5 Å². The van der Waals surface area contributed by atoms with E-state index in [9.17, 15) is 23.7 Å². The molecule has 8 heteroatoms. The number of carbonyl (C=O) groups excluding carboxylic acids is 1. The molecule has 15 heavy (non-hydrogen) atoms. The number of hydrogen-bond acceptors (Lipinski definition) is 4. The first-order valence-corrected chi connectivity index (χ1v) is 4.63. The number of alkyl halides is 2. The molecule has 0 aliphatic heterocycles. The summed E-state index contributed by atoms with van der Waals surface area (Å²) >= 11 is 1.40. The summed E-state index contributed by atoms with van der Waals surface area (Å²) in [7, 11) is 0. The molecule has 0 aliphatic carbocycles. The van der Waals surface area contributed by atoms with Crippen molar-refractivity contribution in [1.29, 1.82) is 0 Å². The van der Waals surface area contributed by atoms with Crippen molar-refractivity contribution in [2.75, 3.05) is 0 Å². The third kappa shape index (κ3) is 2.25. The van der Waals surface area contributed by atoms with E-state index in [1.54, 1.807) is 0 Å². The summed E-state index contributed by atoms with van der Waals surface area (Å²) in [6, 6.07) is 0. The SMILES string of the molecule is O=Cc1ncc(C(F)F)c(I)c1[N+](=O)[O-]. The average molecular weight is 328 g/mol. The van der Waals surface area contributed by atoms with Gasteiger partial charge in [0.15, 0.2) is 12.0 Å². The van der Waals surface area contributed by atoms with Crippen molar-refractivity contribution < 1.29 is 18.5 Å². The van der Waals surface area contributed by atoms with Crippen LogP contribution < -0.4 is 0 Å². The van der Waals surface area contributed by atoms with Crippen molar-refractivity contribution in [2.45, 2.75) is 6.43 Å². The van der Waals surface area contributed by atoms with Gasteiger partial charge in [-0.25, -0.2) is 13.8 Å². The lowest BCUT2D eigenvalue weighted by atomic mass is 10.2. The third-order valence-corrected chi connectivity index (χ3v) is 2.71. The molecule has 80 valence electrons. The fraction of sp³-hybridized carbons (Fsp3) is 0.143. The van der Waals surface area contributed by atoms with Crippen molar-refractivity contribution in [3.05, 3.63) is 31.1 Å². The second-order valence-corrected chi connectivity index (χ2v) is 3.52. The van der Waals surface area contributed by atoms with Crippen LogP contribution in [0.1, 0.15) is 22.5 Å². The zero-order chi connectivity index (χ0) is 11.6. The molecule has 1 rings (SSSR count). The summed E-state index contributed by atoms with van der Waals surface area (Å²) in [5, 5.41) is 10.5.